The lowest BCUT2D eigenvalue weighted by atomic mass is 9.87. The average molecular weight is 489 g/mol. The molecule has 1 fully saturated rings. The number of ether oxygens (including phenoxy) is 1. The molecule has 2 aliphatic heterocycles. The van der Waals surface area contributed by atoms with Crippen LogP contribution in [0.1, 0.15) is 54.7 Å². The zero-order chi connectivity index (χ0) is 25.3. The lowest BCUT2D eigenvalue weighted by Crippen LogP contribution is -2.49. The van der Waals surface area contributed by atoms with Crippen LogP contribution < -0.4 is 10.2 Å². The second kappa shape index (κ2) is 9.78. The Labute approximate surface area is 210 Å². The van der Waals surface area contributed by atoms with Crippen LogP contribution in [0, 0.1) is 0 Å². The second-order valence-corrected chi connectivity index (χ2v) is 9.51. The minimum absolute atomic E-state index is 0.298. The number of anilines is 1. The van der Waals surface area contributed by atoms with Gasteiger partial charge in [0.15, 0.2) is 5.54 Å². The first-order valence-electron chi connectivity index (χ1n) is 12.7. The Morgan fingerprint density at radius 2 is 1.83 bits per heavy atom. The predicted octanol–water partition coefficient (Wildman–Crippen LogP) is 4.34. The first kappa shape index (κ1) is 24.1. The van der Waals surface area contributed by atoms with Crippen LogP contribution in [0.3, 0.4) is 0 Å². The third-order valence-electron chi connectivity index (χ3n) is 7.25. The largest absolute Gasteiger partial charge is 0.381 e. The van der Waals surface area contributed by atoms with E-state index in [4.69, 9.17) is 4.74 Å². The van der Waals surface area contributed by atoms with Gasteiger partial charge in [0.05, 0.1) is 16.9 Å². The van der Waals surface area contributed by atoms with Gasteiger partial charge in [0.25, 0.3) is 11.8 Å². The van der Waals surface area contributed by atoms with Crippen LogP contribution in [0.5, 0.6) is 0 Å². The summed E-state index contributed by atoms with van der Waals surface area (Å²) in [6, 6.07) is 14.3. The number of nitrogens with one attached hydrogen (secondary N) is 2. The molecule has 2 aromatic carbocycles. The fraction of sp³-hybridized carbons (Fsp3) is 0.393. The molecule has 0 unspecified atom stereocenters. The summed E-state index contributed by atoms with van der Waals surface area (Å²) in [7, 11) is 0. The topological polar surface area (TPSA) is 94.7 Å². The number of aromatic nitrogens is 1. The van der Waals surface area contributed by atoms with Gasteiger partial charge in [-0.25, -0.2) is 9.69 Å². The molecule has 0 spiro atoms. The molecule has 5 rings (SSSR count). The average Bonchev–Trinajstić information content (AvgIpc) is 3.37. The van der Waals surface area contributed by atoms with E-state index in [9.17, 15) is 14.4 Å². The molecular weight excluding hydrogens is 456 g/mol. The van der Waals surface area contributed by atoms with Crippen molar-refractivity contribution in [2.45, 2.75) is 45.1 Å². The number of imide groups is 1. The monoisotopic (exact) mass is 488 g/mol. The summed E-state index contributed by atoms with van der Waals surface area (Å²) in [6.45, 7) is 6.08. The quantitative estimate of drug-likeness (QED) is 0.346. The van der Waals surface area contributed by atoms with E-state index in [2.05, 4.69) is 17.2 Å². The minimum Gasteiger partial charge on any atom is -0.381 e. The molecule has 0 bridgehead atoms. The summed E-state index contributed by atoms with van der Waals surface area (Å²) in [5, 5.41) is 3.98. The van der Waals surface area contributed by atoms with E-state index in [1.54, 1.807) is 36.1 Å². The molecule has 2 N–H and O–H groups in total. The van der Waals surface area contributed by atoms with Crippen LogP contribution in [0.4, 0.5) is 10.5 Å². The van der Waals surface area contributed by atoms with Crippen LogP contribution >= 0.6 is 0 Å². The molecule has 0 radical (unpaired) electrons. The van der Waals surface area contributed by atoms with E-state index in [1.165, 1.54) is 4.90 Å². The number of para-hydroxylation sites is 2. The molecule has 3 aromatic rings. The smallest absolute Gasteiger partial charge is 0.332 e. The van der Waals surface area contributed by atoms with E-state index < -0.39 is 11.6 Å². The van der Waals surface area contributed by atoms with Gasteiger partial charge in [-0.1, -0.05) is 43.7 Å². The number of urea groups is 1. The molecule has 4 amide bonds. The Bertz CT molecular complexity index is 1320. The van der Waals surface area contributed by atoms with Crippen molar-refractivity contribution in [2.75, 3.05) is 31.2 Å². The summed E-state index contributed by atoms with van der Waals surface area (Å²) < 4.78 is 5.55. The molecule has 1 atom stereocenters. The van der Waals surface area contributed by atoms with Crippen molar-refractivity contribution in [2.24, 2.45) is 0 Å². The number of H-pyrrole nitrogens is 1. The Morgan fingerprint density at radius 3 is 2.67 bits per heavy atom. The maximum atomic E-state index is 14.0. The Morgan fingerprint density at radius 1 is 1.08 bits per heavy atom. The van der Waals surface area contributed by atoms with Gasteiger partial charge in [0.1, 0.15) is 0 Å². The molecule has 1 aromatic heterocycles. The second-order valence-electron chi connectivity index (χ2n) is 9.51. The number of carbonyl (C=O) groups excluding carboxylic acids is 3. The van der Waals surface area contributed by atoms with Gasteiger partial charge in [-0.05, 0) is 49.9 Å². The van der Waals surface area contributed by atoms with Gasteiger partial charge in [-0.2, -0.15) is 0 Å². The van der Waals surface area contributed by atoms with E-state index in [0.29, 0.717) is 43.8 Å². The molecule has 0 aliphatic carbocycles. The van der Waals surface area contributed by atoms with Crippen LogP contribution in [0.2, 0.25) is 0 Å². The number of hydrogen-bond donors (Lipinski definition) is 2. The van der Waals surface area contributed by atoms with E-state index in [-0.39, 0.29) is 11.8 Å². The SMILES string of the molecule is CCCCOCCCNC(=O)c1ccccc1N1C(=O)N2CCc3c([nH]c4ccccc34)[C@@]2(C)C1=O. The zero-order valence-electron chi connectivity index (χ0n) is 20.8. The molecule has 0 saturated carbocycles. The normalized spacial score (nSPS) is 19.1. The number of hydrogen-bond acceptors (Lipinski definition) is 4. The third-order valence-corrected chi connectivity index (χ3v) is 7.25. The van der Waals surface area contributed by atoms with Crippen LogP contribution in [-0.4, -0.2) is 54.0 Å². The molecule has 1 saturated heterocycles. The maximum absolute atomic E-state index is 14.0. The zero-order valence-corrected chi connectivity index (χ0v) is 20.8. The lowest BCUT2D eigenvalue weighted by molar-refractivity contribution is -0.125. The third kappa shape index (κ3) is 3.86. The van der Waals surface area contributed by atoms with Gasteiger partial charge < -0.3 is 19.9 Å². The minimum atomic E-state index is -1.16. The van der Waals surface area contributed by atoms with Crippen molar-refractivity contribution in [1.29, 1.82) is 0 Å². The van der Waals surface area contributed by atoms with Gasteiger partial charge in [-0.15, -0.1) is 0 Å². The summed E-state index contributed by atoms with van der Waals surface area (Å²) in [6.07, 6.45) is 3.45. The number of aromatic amines is 1. The standard InChI is InChI=1S/C28H32N4O4/c1-3-4-17-36-18-9-15-29-25(33)21-11-6-8-13-23(21)32-26(34)28(2)24-20(14-16-31(28)27(32)35)19-10-5-7-12-22(19)30-24/h5-8,10-13,30H,3-4,9,14-18H2,1-2H3,(H,29,33)/t28-/m0/s1. The Hall–Kier alpha value is -3.65. The number of rotatable bonds is 9. The van der Waals surface area contributed by atoms with Crippen molar-refractivity contribution >= 4 is 34.4 Å². The van der Waals surface area contributed by atoms with Gasteiger partial charge in [0.2, 0.25) is 0 Å². The molecule has 3 heterocycles. The summed E-state index contributed by atoms with van der Waals surface area (Å²) in [4.78, 5) is 46.8. The first-order valence-corrected chi connectivity index (χ1v) is 12.7. The summed E-state index contributed by atoms with van der Waals surface area (Å²) in [5.74, 6) is -0.675. The maximum Gasteiger partial charge on any atom is 0.332 e. The summed E-state index contributed by atoms with van der Waals surface area (Å²) >= 11 is 0. The molecule has 188 valence electrons. The molecule has 2 aliphatic rings. The van der Waals surface area contributed by atoms with Crippen molar-refractivity contribution < 1.29 is 19.1 Å². The highest BCUT2D eigenvalue weighted by molar-refractivity contribution is 6.25. The van der Waals surface area contributed by atoms with Crippen molar-refractivity contribution in [3.8, 4) is 0 Å². The van der Waals surface area contributed by atoms with Crippen molar-refractivity contribution in [1.82, 2.24) is 15.2 Å². The van der Waals surface area contributed by atoms with Crippen molar-refractivity contribution in [3.05, 3.63) is 65.4 Å². The van der Waals surface area contributed by atoms with E-state index in [1.807, 2.05) is 24.3 Å². The van der Waals surface area contributed by atoms with Gasteiger partial charge in [0, 0.05) is 37.2 Å². The van der Waals surface area contributed by atoms with Crippen LogP contribution in [0.15, 0.2) is 48.5 Å². The molecular formula is C28H32N4O4. The Balaban J connectivity index is 1.39. The fourth-order valence-electron chi connectivity index (χ4n) is 5.28. The summed E-state index contributed by atoms with van der Waals surface area (Å²) in [5.41, 5.74) is 2.20. The van der Waals surface area contributed by atoms with E-state index in [0.717, 1.165) is 41.6 Å². The molecule has 8 heteroatoms. The fourth-order valence-corrected chi connectivity index (χ4v) is 5.28. The number of amides is 4. The highest BCUT2D eigenvalue weighted by Gasteiger charge is 2.59. The number of carbonyl (C=O) groups is 3. The number of nitrogens with zero attached hydrogens (tertiary/aromatic N) is 2. The molecule has 36 heavy (non-hydrogen) atoms. The van der Waals surface area contributed by atoms with Gasteiger partial charge in [-0.3, -0.25) is 9.59 Å². The predicted molar refractivity (Wildman–Crippen MR) is 138 cm³/mol. The van der Waals surface area contributed by atoms with Crippen LogP contribution in [0.25, 0.3) is 10.9 Å². The van der Waals surface area contributed by atoms with Crippen molar-refractivity contribution in [3.63, 3.8) is 0 Å². The van der Waals surface area contributed by atoms with Gasteiger partial charge >= 0.3 is 6.03 Å². The number of fused-ring (bicyclic) bond motifs is 5. The molecule has 8 nitrogen and oxygen atoms in total. The highest BCUT2D eigenvalue weighted by atomic mass is 16.5. The number of benzene rings is 2. The first-order chi connectivity index (χ1) is 17.5. The van der Waals surface area contributed by atoms with Crippen LogP contribution in [-0.2, 0) is 21.5 Å². The van der Waals surface area contributed by atoms with E-state index >= 15 is 0 Å². The number of unbranched alkanes of at least 4 members (excludes halogenated alkanes) is 1. The Kier molecular flexibility index (Phi) is 6.53. The highest BCUT2D eigenvalue weighted by Crippen LogP contribution is 2.45. The lowest BCUT2D eigenvalue weighted by Gasteiger charge is -2.35.